The molecule has 1 N–H and O–H groups in total. The number of fused-ring (bicyclic) bond motifs is 1. The number of piperidine rings is 1. The molecular formula is C21H26BrFN2O2. The summed E-state index contributed by atoms with van der Waals surface area (Å²) in [6.07, 6.45) is 7.04. The second-order valence-corrected chi connectivity index (χ2v) is 8.75. The Morgan fingerprint density at radius 1 is 1.48 bits per heavy atom. The predicted octanol–water partition coefficient (Wildman–Crippen LogP) is 4.17. The largest absolute Gasteiger partial charge is 0.304 e. The SMILES string of the molecule is C=CCC[C@@H](C)C(=O)CC[C@@]12C[C@@H](C(=O)Cc3ccc(F)c(Br)n3)N[C@@H]1C2. The van der Waals surface area contributed by atoms with Crippen molar-refractivity contribution in [2.24, 2.45) is 11.3 Å². The molecule has 1 aliphatic carbocycles. The van der Waals surface area contributed by atoms with Crippen LogP contribution in [0, 0.1) is 17.2 Å². The molecule has 4 atom stereocenters. The van der Waals surface area contributed by atoms with Gasteiger partial charge < -0.3 is 5.32 Å². The zero-order valence-electron chi connectivity index (χ0n) is 15.6. The highest BCUT2D eigenvalue weighted by Crippen LogP contribution is 2.57. The molecule has 4 nitrogen and oxygen atoms in total. The fourth-order valence-corrected chi connectivity index (χ4v) is 4.46. The maximum absolute atomic E-state index is 13.3. The summed E-state index contributed by atoms with van der Waals surface area (Å²) in [5, 5.41) is 3.41. The van der Waals surface area contributed by atoms with E-state index in [4.69, 9.17) is 0 Å². The van der Waals surface area contributed by atoms with E-state index in [0.717, 1.165) is 32.1 Å². The van der Waals surface area contributed by atoms with Crippen molar-refractivity contribution in [2.75, 3.05) is 0 Å². The number of ketones is 2. The molecule has 27 heavy (non-hydrogen) atoms. The molecule has 2 fully saturated rings. The van der Waals surface area contributed by atoms with E-state index in [0.29, 0.717) is 23.9 Å². The first-order chi connectivity index (χ1) is 12.8. The number of hydrogen-bond acceptors (Lipinski definition) is 4. The first kappa shape index (κ1) is 20.3. The molecule has 3 rings (SSSR count). The van der Waals surface area contributed by atoms with E-state index < -0.39 is 5.82 Å². The van der Waals surface area contributed by atoms with Crippen molar-refractivity contribution in [3.8, 4) is 0 Å². The lowest BCUT2D eigenvalue weighted by Crippen LogP contribution is -2.35. The van der Waals surface area contributed by atoms with E-state index in [1.165, 1.54) is 6.07 Å². The summed E-state index contributed by atoms with van der Waals surface area (Å²) in [5.41, 5.74) is 0.668. The fourth-order valence-electron chi connectivity index (χ4n) is 4.10. The fraction of sp³-hybridized carbons (Fsp3) is 0.571. The predicted molar refractivity (Wildman–Crippen MR) is 106 cm³/mol. The lowest BCUT2D eigenvalue weighted by molar-refractivity contribution is -0.122. The number of aromatic nitrogens is 1. The third-order valence-electron chi connectivity index (χ3n) is 6.03. The number of Topliss-reactive ketones (excluding diaryl/α,β-unsaturated/α-hetero) is 2. The third-order valence-corrected chi connectivity index (χ3v) is 6.59. The molecule has 2 heterocycles. The Labute approximate surface area is 168 Å². The van der Waals surface area contributed by atoms with Crippen molar-refractivity contribution in [3.63, 3.8) is 0 Å². The molecule has 1 aromatic heterocycles. The number of rotatable bonds is 10. The molecule has 0 amide bonds. The van der Waals surface area contributed by atoms with Crippen LogP contribution < -0.4 is 5.32 Å². The lowest BCUT2D eigenvalue weighted by Gasteiger charge is -2.16. The second-order valence-electron chi connectivity index (χ2n) is 7.99. The molecular weight excluding hydrogens is 411 g/mol. The van der Waals surface area contributed by atoms with Gasteiger partial charge in [-0.25, -0.2) is 9.37 Å². The number of nitrogens with one attached hydrogen (secondary N) is 1. The monoisotopic (exact) mass is 436 g/mol. The van der Waals surface area contributed by atoms with E-state index in [-0.39, 0.29) is 34.2 Å². The summed E-state index contributed by atoms with van der Waals surface area (Å²) in [5.74, 6) is 0.0361. The standard InChI is InChI=1S/C21H26BrFN2O2/c1-3-4-5-13(2)17(26)8-9-21-11-16(25-19(21)12-21)18(27)10-14-6-7-15(23)20(22)24-14/h3,6-7,13,16,19,25H,1,4-5,8-12H2,2H3/t13-,16+,19-,21+/m1/s1. The molecule has 1 aliphatic heterocycles. The highest BCUT2D eigenvalue weighted by molar-refractivity contribution is 9.10. The van der Waals surface area contributed by atoms with E-state index in [2.05, 4.69) is 32.8 Å². The Morgan fingerprint density at radius 2 is 2.26 bits per heavy atom. The zero-order chi connectivity index (χ0) is 19.6. The molecule has 6 heteroatoms. The molecule has 2 aliphatic rings. The van der Waals surface area contributed by atoms with Crippen LogP contribution in [0.15, 0.2) is 29.4 Å². The summed E-state index contributed by atoms with van der Waals surface area (Å²) in [6, 6.07) is 3.02. The van der Waals surface area contributed by atoms with Crippen LogP contribution in [-0.4, -0.2) is 28.6 Å². The number of carbonyl (C=O) groups is 2. The Hall–Kier alpha value is -1.40. The molecule has 0 radical (unpaired) electrons. The van der Waals surface area contributed by atoms with E-state index in [1.54, 1.807) is 6.07 Å². The molecule has 1 aromatic rings. The van der Waals surface area contributed by atoms with Gasteiger partial charge in [0.15, 0.2) is 11.6 Å². The van der Waals surface area contributed by atoms with E-state index in [9.17, 15) is 14.0 Å². The van der Waals surface area contributed by atoms with Gasteiger partial charge in [0.1, 0.15) is 10.4 Å². The minimum Gasteiger partial charge on any atom is -0.304 e. The topological polar surface area (TPSA) is 59.1 Å². The van der Waals surface area contributed by atoms with Crippen LogP contribution in [0.2, 0.25) is 0 Å². The van der Waals surface area contributed by atoms with Crippen LogP contribution >= 0.6 is 15.9 Å². The number of hydrogen-bond donors (Lipinski definition) is 1. The summed E-state index contributed by atoms with van der Waals surface area (Å²) in [4.78, 5) is 29.0. The average molecular weight is 437 g/mol. The van der Waals surface area contributed by atoms with E-state index in [1.807, 2.05) is 13.0 Å². The molecule has 1 saturated heterocycles. The van der Waals surface area contributed by atoms with Gasteiger partial charge in [-0.1, -0.05) is 13.0 Å². The highest BCUT2D eigenvalue weighted by Gasteiger charge is 2.60. The molecule has 146 valence electrons. The number of carbonyl (C=O) groups excluding carboxylic acids is 2. The minimum absolute atomic E-state index is 0.0754. The molecule has 0 unspecified atom stereocenters. The summed E-state index contributed by atoms with van der Waals surface area (Å²) in [6.45, 7) is 5.69. The number of nitrogens with zero attached hydrogens (tertiary/aromatic N) is 1. The van der Waals surface area contributed by atoms with Gasteiger partial charge in [0.2, 0.25) is 0 Å². The Balaban J connectivity index is 1.49. The van der Waals surface area contributed by atoms with Crippen LogP contribution in [0.5, 0.6) is 0 Å². The molecule has 0 aromatic carbocycles. The quantitative estimate of drug-likeness (QED) is 0.441. The number of halogens is 2. The summed E-state index contributed by atoms with van der Waals surface area (Å²) in [7, 11) is 0. The highest BCUT2D eigenvalue weighted by atomic mass is 79.9. The van der Waals surface area contributed by atoms with Gasteiger partial charge in [0.25, 0.3) is 0 Å². The van der Waals surface area contributed by atoms with Crippen molar-refractivity contribution < 1.29 is 14.0 Å². The Kier molecular flexibility index (Phi) is 6.26. The van der Waals surface area contributed by atoms with Gasteiger partial charge in [0.05, 0.1) is 12.5 Å². The summed E-state index contributed by atoms with van der Waals surface area (Å²) >= 11 is 3.06. The van der Waals surface area contributed by atoms with Gasteiger partial charge >= 0.3 is 0 Å². The van der Waals surface area contributed by atoms with Crippen LogP contribution in [0.1, 0.15) is 51.1 Å². The first-order valence-electron chi connectivity index (χ1n) is 9.58. The number of pyridine rings is 1. The molecule has 0 bridgehead atoms. The number of allylic oxidation sites excluding steroid dienone is 1. The van der Waals surface area contributed by atoms with Crippen LogP contribution in [0.25, 0.3) is 0 Å². The third kappa shape index (κ3) is 4.72. The molecule has 0 spiro atoms. The van der Waals surface area contributed by atoms with Crippen LogP contribution in [0.4, 0.5) is 4.39 Å². The van der Waals surface area contributed by atoms with Gasteiger partial charge in [-0.15, -0.1) is 6.58 Å². The normalized spacial score (nSPS) is 27.1. The lowest BCUT2D eigenvalue weighted by atomic mass is 9.88. The second kappa shape index (κ2) is 8.31. The van der Waals surface area contributed by atoms with Crippen molar-refractivity contribution in [1.82, 2.24) is 10.3 Å². The minimum atomic E-state index is -0.433. The van der Waals surface area contributed by atoms with Gasteiger partial charge in [-0.3, -0.25) is 9.59 Å². The van der Waals surface area contributed by atoms with Gasteiger partial charge in [0, 0.05) is 24.1 Å². The van der Waals surface area contributed by atoms with Crippen LogP contribution in [0.3, 0.4) is 0 Å². The Morgan fingerprint density at radius 3 is 2.96 bits per heavy atom. The Bertz CT molecular complexity index is 754. The maximum Gasteiger partial charge on any atom is 0.155 e. The van der Waals surface area contributed by atoms with Crippen molar-refractivity contribution in [2.45, 2.75) is 64.0 Å². The zero-order valence-corrected chi connectivity index (χ0v) is 17.2. The smallest absolute Gasteiger partial charge is 0.155 e. The van der Waals surface area contributed by atoms with Crippen molar-refractivity contribution >= 4 is 27.5 Å². The van der Waals surface area contributed by atoms with Gasteiger partial charge in [-0.2, -0.15) is 0 Å². The first-order valence-corrected chi connectivity index (χ1v) is 10.4. The van der Waals surface area contributed by atoms with Gasteiger partial charge in [-0.05, 0) is 65.6 Å². The average Bonchev–Trinajstić information content (AvgIpc) is 3.20. The van der Waals surface area contributed by atoms with E-state index >= 15 is 0 Å². The maximum atomic E-state index is 13.3. The molecule has 1 saturated carbocycles. The van der Waals surface area contributed by atoms with Crippen molar-refractivity contribution in [3.05, 3.63) is 40.9 Å². The van der Waals surface area contributed by atoms with Crippen molar-refractivity contribution in [1.29, 1.82) is 0 Å². The van der Waals surface area contributed by atoms with Crippen LogP contribution in [-0.2, 0) is 16.0 Å². The summed E-state index contributed by atoms with van der Waals surface area (Å²) < 4.78 is 13.4.